The standard InChI is InChI=1S/C46H32N2O/c1-46(2)36-18-7-9-20-39(36)48(40-21-10-8-19-37(40)46)32-16-12-15-30(27-32)31-23-25-38-35(28-31)43-34(45(47-38)29-13-4-3-5-14-29)24-26-42-44(43)33-17-6-11-22-41(33)49-42/h3-28H,1-2H3. The molecule has 3 heterocycles. The molecule has 0 radical (unpaired) electrons. The van der Waals surface area contributed by atoms with Gasteiger partial charge in [-0.3, -0.25) is 0 Å². The third kappa shape index (κ3) is 4.12. The van der Waals surface area contributed by atoms with Crippen LogP contribution in [0.15, 0.2) is 162 Å². The molecule has 0 spiro atoms. The van der Waals surface area contributed by atoms with Gasteiger partial charge in [0.15, 0.2) is 0 Å². The number of rotatable bonds is 3. The zero-order valence-corrected chi connectivity index (χ0v) is 27.3. The Morgan fingerprint density at radius 3 is 1.96 bits per heavy atom. The molecule has 0 aliphatic carbocycles. The van der Waals surface area contributed by atoms with Crippen LogP contribution in [0, 0.1) is 0 Å². The minimum atomic E-state index is -0.102. The highest BCUT2D eigenvalue weighted by Crippen LogP contribution is 2.52. The van der Waals surface area contributed by atoms with E-state index < -0.39 is 0 Å². The fraction of sp³-hybridized carbons (Fsp3) is 0.0652. The van der Waals surface area contributed by atoms with Gasteiger partial charge in [-0.25, -0.2) is 4.98 Å². The van der Waals surface area contributed by atoms with E-state index in [9.17, 15) is 0 Å². The van der Waals surface area contributed by atoms with Gasteiger partial charge in [0.25, 0.3) is 0 Å². The van der Waals surface area contributed by atoms with Crippen LogP contribution in [0.1, 0.15) is 25.0 Å². The van der Waals surface area contributed by atoms with Gasteiger partial charge in [0.1, 0.15) is 11.2 Å². The molecule has 0 saturated carbocycles. The molecule has 1 aliphatic heterocycles. The highest BCUT2D eigenvalue weighted by molar-refractivity contribution is 6.28. The van der Waals surface area contributed by atoms with Crippen molar-refractivity contribution in [2.24, 2.45) is 0 Å². The molecule has 9 aromatic rings. The van der Waals surface area contributed by atoms with E-state index in [4.69, 9.17) is 9.40 Å². The molecule has 232 valence electrons. The Kier molecular flexibility index (Phi) is 5.92. The molecular weight excluding hydrogens is 597 g/mol. The molecule has 1 aliphatic rings. The fourth-order valence-electron chi connectivity index (χ4n) is 8.08. The number of hydrogen-bond acceptors (Lipinski definition) is 3. The molecule has 49 heavy (non-hydrogen) atoms. The highest BCUT2D eigenvalue weighted by Gasteiger charge is 2.36. The topological polar surface area (TPSA) is 29.3 Å². The number of fused-ring (bicyclic) bond motifs is 9. The van der Waals surface area contributed by atoms with Gasteiger partial charge in [-0.05, 0) is 76.9 Å². The smallest absolute Gasteiger partial charge is 0.136 e. The van der Waals surface area contributed by atoms with E-state index in [1.54, 1.807) is 0 Å². The quantitative estimate of drug-likeness (QED) is 0.182. The highest BCUT2D eigenvalue weighted by atomic mass is 16.3. The number of para-hydroxylation sites is 3. The third-order valence-electron chi connectivity index (χ3n) is 10.4. The Labute approximate surface area is 284 Å². The number of nitrogens with zero attached hydrogens (tertiary/aromatic N) is 2. The van der Waals surface area contributed by atoms with E-state index in [1.807, 2.05) is 6.07 Å². The van der Waals surface area contributed by atoms with Crippen molar-refractivity contribution in [3.63, 3.8) is 0 Å². The molecule has 0 amide bonds. The number of aromatic nitrogens is 1. The van der Waals surface area contributed by atoms with Crippen molar-refractivity contribution >= 4 is 60.7 Å². The monoisotopic (exact) mass is 628 g/mol. The maximum atomic E-state index is 6.40. The average Bonchev–Trinajstić information content (AvgIpc) is 3.54. The summed E-state index contributed by atoms with van der Waals surface area (Å²) in [7, 11) is 0. The molecule has 10 rings (SSSR count). The molecular formula is C46H32N2O. The molecule has 0 fully saturated rings. The molecule has 0 saturated heterocycles. The molecule has 7 aromatic carbocycles. The number of furan rings is 1. The Bertz CT molecular complexity index is 2710. The lowest BCUT2D eigenvalue weighted by Crippen LogP contribution is -2.30. The Hall–Kier alpha value is -6.19. The van der Waals surface area contributed by atoms with Crippen LogP contribution in [0.2, 0.25) is 0 Å². The van der Waals surface area contributed by atoms with Crippen LogP contribution >= 0.6 is 0 Å². The first-order chi connectivity index (χ1) is 24.1. The molecule has 0 atom stereocenters. The van der Waals surface area contributed by atoms with Gasteiger partial charge < -0.3 is 9.32 Å². The van der Waals surface area contributed by atoms with E-state index in [2.05, 4.69) is 170 Å². The van der Waals surface area contributed by atoms with E-state index in [0.717, 1.165) is 66.3 Å². The number of anilines is 3. The first-order valence-electron chi connectivity index (χ1n) is 16.9. The molecule has 0 unspecified atom stereocenters. The van der Waals surface area contributed by atoms with E-state index >= 15 is 0 Å². The van der Waals surface area contributed by atoms with Gasteiger partial charge in [0, 0.05) is 43.6 Å². The van der Waals surface area contributed by atoms with E-state index in [-0.39, 0.29) is 5.41 Å². The predicted octanol–water partition coefficient (Wildman–Crippen LogP) is 12.7. The normalized spacial score (nSPS) is 13.6. The SMILES string of the molecule is CC1(C)c2ccccc2N(c2cccc(-c3ccc4nc(-c5ccccc5)c5ccc6oc7ccccc7c6c5c4c3)c2)c2ccccc21. The van der Waals surface area contributed by atoms with Crippen LogP contribution in [0.3, 0.4) is 0 Å². The Morgan fingerprint density at radius 1 is 0.490 bits per heavy atom. The van der Waals surface area contributed by atoms with Crippen molar-refractivity contribution in [2.75, 3.05) is 4.90 Å². The molecule has 0 bridgehead atoms. The number of hydrogen-bond donors (Lipinski definition) is 0. The van der Waals surface area contributed by atoms with Crippen LogP contribution in [-0.2, 0) is 5.41 Å². The minimum absolute atomic E-state index is 0.102. The summed E-state index contributed by atoms with van der Waals surface area (Å²) in [5, 5.41) is 5.66. The maximum absolute atomic E-state index is 6.40. The first-order valence-corrected chi connectivity index (χ1v) is 16.9. The second-order valence-corrected chi connectivity index (χ2v) is 13.6. The van der Waals surface area contributed by atoms with Gasteiger partial charge >= 0.3 is 0 Å². The van der Waals surface area contributed by atoms with Crippen molar-refractivity contribution in [1.29, 1.82) is 0 Å². The predicted molar refractivity (Wildman–Crippen MR) is 204 cm³/mol. The van der Waals surface area contributed by atoms with Gasteiger partial charge in [-0.2, -0.15) is 0 Å². The summed E-state index contributed by atoms with van der Waals surface area (Å²) in [6, 6.07) is 56.4. The summed E-state index contributed by atoms with van der Waals surface area (Å²) in [5.74, 6) is 0. The lowest BCUT2D eigenvalue weighted by atomic mass is 9.73. The molecule has 2 aromatic heterocycles. The largest absolute Gasteiger partial charge is 0.456 e. The van der Waals surface area contributed by atoms with Gasteiger partial charge in [0.05, 0.1) is 22.6 Å². The van der Waals surface area contributed by atoms with Crippen LogP contribution in [0.25, 0.3) is 66.0 Å². The van der Waals surface area contributed by atoms with Crippen molar-refractivity contribution in [1.82, 2.24) is 4.98 Å². The molecule has 3 nitrogen and oxygen atoms in total. The molecule has 0 N–H and O–H groups in total. The van der Waals surface area contributed by atoms with Crippen molar-refractivity contribution < 1.29 is 4.42 Å². The summed E-state index contributed by atoms with van der Waals surface area (Å²) in [6.07, 6.45) is 0. The van der Waals surface area contributed by atoms with Gasteiger partial charge in [-0.1, -0.05) is 117 Å². The Morgan fingerprint density at radius 2 is 1.16 bits per heavy atom. The second-order valence-electron chi connectivity index (χ2n) is 13.6. The van der Waals surface area contributed by atoms with Crippen molar-refractivity contribution in [3.8, 4) is 22.4 Å². The van der Waals surface area contributed by atoms with E-state index in [0.29, 0.717) is 0 Å². The maximum Gasteiger partial charge on any atom is 0.136 e. The zero-order valence-electron chi connectivity index (χ0n) is 27.3. The summed E-state index contributed by atoms with van der Waals surface area (Å²) in [6.45, 7) is 4.66. The Balaban J connectivity index is 1.21. The fourth-order valence-corrected chi connectivity index (χ4v) is 8.08. The lowest BCUT2D eigenvalue weighted by molar-refractivity contribution is 0.632. The minimum Gasteiger partial charge on any atom is -0.456 e. The summed E-state index contributed by atoms with van der Waals surface area (Å²) < 4.78 is 6.40. The summed E-state index contributed by atoms with van der Waals surface area (Å²) >= 11 is 0. The second kappa shape index (κ2) is 10.4. The number of benzene rings is 7. The first kappa shape index (κ1) is 27.9. The zero-order chi connectivity index (χ0) is 32.7. The van der Waals surface area contributed by atoms with Crippen molar-refractivity contribution in [2.45, 2.75) is 19.3 Å². The van der Waals surface area contributed by atoms with Gasteiger partial charge in [0.2, 0.25) is 0 Å². The molecule has 3 heteroatoms. The lowest BCUT2D eigenvalue weighted by Gasteiger charge is -2.42. The van der Waals surface area contributed by atoms with Gasteiger partial charge in [-0.15, -0.1) is 0 Å². The average molecular weight is 629 g/mol. The third-order valence-corrected chi connectivity index (χ3v) is 10.4. The van der Waals surface area contributed by atoms with E-state index in [1.165, 1.54) is 27.9 Å². The van der Waals surface area contributed by atoms with Crippen molar-refractivity contribution in [3.05, 3.63) is 169 Å². The van der Waals surface area contributed by atoms with Crippen LogP contribution in [0.4, 0.5) is 17.1 Å². The van der Waals surface area contributed by atoms with Crippen LogP contribution in [-0.4, -0.2) is 4.98 Å². The number of pyridine rings is 1. The summed E-state index contributed by atoms with van der Waals surface area (Å²) in [5.41, 5.74) is 13.3. The summed E-state index contributed by atoms with van der Waals surface area (Å²) in [4.78, 5) is 7.72. The van der Waals surface area contributed by atoms with Crippen LogP contribution < -0.4 is 4.90 Å². The van der Waals surface area contributed by atoms with Crippen LogP contribution in [0.5, 0.6) is 0 Å².